The first-order valence-corrected chi connectivity index (χ1v) is 10.9. The fourth-order valence-electron chi connectivity index (χ4n) is 3.78. The van der Waals surface area contributed by atoms with Crippen molar-refractivity contribution in [3.8, 4) is 5.88 Å². The van der Waals surface area contributed by atoms with Gasteiger partial charge in [0.1, 0.15) is 5.69 Å². The largest absolute Gasteiger partial charge is 0.494 e. The molecule has 0 bridgehead atoms. The van der Waals surface area contributed by atoms with E-state index in [1.807, 2.05) is 29.9 Å². The summed E-state index contributed by atoms with van der Waals surface area (Å²) in [6, 6.07) is 5.67. The number of benzene rings is 1. The molecule has 1 saturated heterocycles. The zero-order valence-corrected chi connectivity index (χ0v) is 18.4. The zero-order chi connectivity index (χ0) is 22.0. The van der Waals surface area contributed by atoms with E-state index >= 15 is 0 Å². The average molecular weight is 423 g/mol. The van der Waals surface area contributed by atoms with E-state index in [2.05, 4.69) is 34.1 Å². The summed E-state index contributed by atoms with van der Waals surface area (Å²) in [7, 11) is 0. The van der Waals surface area contributed by atoms with Crippen molar-refractivity contribution in [3.63, 3.8) is 0 Å². The van der Waals surface area contributed by atoms with E-state index in [1.165, 1.54) is 6.42 Å². The van der Waals surface area contributed by atoms with Gasteiger partial charge >= 0.3 is 0 Å². The number of fused-ring (bicyclic) bond motifs is 1. The number of nitrogens with zero attached hydrogens (tertiary/aromatic N) is 4. The van der Waals surface area contributed by atoms with Crippen LogP contribution in [0.4, 0.5) is 5.69 Å². The van der Waals surface area contributed by atoms with Crippen molar-refractivity contribution < 1.29 is 9.90 Å². The van der Waals surface area contributed by atoms with E-state index in [0.717, 1.165) is 41.9 Å². The first kappa shape index (κ1) is 21.1. The Bertz CT molecular complexity index is 1110. The van der Waals surface area contributed by atoms with Crippen LogP contribution >= 0.6 is 0 Å². The number of aliphatic imine (C=N–C) groups is 1. The highest BCUT2D eigenvalue weighted by molar-refractivity contribution is 6.14. The second-order valence-electron chi connectivity index (χ2n) is 8.24. The summed E-state index contributed by atoms with van der Waals surface area (Å²) in [6.45, 7) is 9.85. The molecule has 1 fully saturated rings. The van der Waals surface area contributed by atoms with Crippen molar-refractivity contribution in [2.24, 2.45) is 4.99 Å². The summed E-state index contributed by atoms with van der Waals surface area (Å²) in [5.74, 6) is -0.0514. The first-order chi connectivity index (χ1) is 15.0. The fourth-order valence-corrected chi connectivity index (χ4v) is 3.78. The fraction of sp³-hybridized carbons (Fsp3) is 0.435. The standard InChI is InChI=1S/C23H30N6O2/c1-4-19(26-17-13-25-29(14-17)15(2)3)21-18-12-16(6-7-20(18)27-23(21)31)22(30)24-8-11-28-9-5-10-28/h6-7,12-15,27,31H,4-5,8-11H2,1-3H3,(H,24,30). The Morgan fingerprint density at radius 2 is 2.16 bits per heavy atom. The third-order valence-electron chi connectivity index (χ3n) is 5.71. The Labute approximate surface area is 182 Å². The van der Waals surface area contributed by atoms with Crippen LogP contribution in [-0.2, 0) is 0 Å². The number of nitrogens with one attached hydrogen (secondary N) is 2. The van der Waals surface area contributed by atoms with Crippen molar-refractivity contribution in [1.29, 1.82) is 0 Å². The second-order valence-corrected chi connectivity index (χ2v) is 8.24. The van der Waals surface area contributed by atoms with E-state index in [0.29, 0.717) is 24.1 Å². The molecule has 0 atom stereocenters. The van der Waals surface area contributed by atoms with Crippen LogP contribution in [-0.4, -0.2) is 62.6 Å². The molecule has 1 aliphatic heterocycles. The molecular weight excluding hydrogens is 392 g/mol. The Morgan fingerprint density at radius 1 is 1.35 bits per heavy atom. The summed E-state index contributed by atoms with van der Waals surface area (Å²) in [6.07, 6.45) is 5.48. The SMILES string of the molecule is CCC(=Nc1cnn(C(C)C)c1)c1c(O)[nH]c2ccc(C(=O)NCCN3CCC3)cc12. The quantitative estimate of drug-likeness (QED) is 0.483. The number of aromatic amines is 1. The Hall–Kier alpha value is -3.13. The van der Waals surface area contributed by atoms with Crippen LogP contribution in [0.3, 0.4) is 0 Å². The molecule has 1 amide bonds. The van der Waals surface area contributed by atoms with Crippen molar-refractivity contribution >= 4 is 28.2 Å². The number of carbonyl (C=O) groups is 1. The molecule has 4 rings (SSSR count). The van der Waals surface area contributed by atoms with Gasteiger partial charge in [-0.1, -0.05) is 6.92 Å². The van der Waals surface area contributed by atoms with Crippen LogP contribution < -0.4 is 5.32 Å². The minimum atomic E-state index is -0.109. The first-order valence-electron chi connectivity index (χ1n) is 10.9. The van der Waals surface area contributed by atoms with E-state index in [1.54, 1.807) is 12.3 Å². The number of carbonyl (C=O) groups excluding carboxylic acids is 1. The highest BCUT2D eigenvalue weighted by Crippen LogP contribution is 2.31. The number of likely N-dealkylation sites (tertiary alicyclic amines) is 1. The molecule has 31 heavy (non-hydrogen) atoms. The Kier molecular flexibility index (Phi) is 6.08. The maximum Gasteiger partial charge on any atom is 0.251 e. The predicted octanol–water partition coefficient (Wildman–Crippen LogP) is 3.62. The van der Waals surface area contributed by atoms with Gasteiger partial charge in [-0.2, -0.15) is 5.10 Å². The molecule has 0 unspecified atom stereocenters. The highest BCUT2D eigenvalue weighted by atomic mass is 16.3. The van der Waals surface area contributed by atoms with Crippen LogP contribution in [0.2, 0.25) is 0 Å². The number of hydrogen-bond donors (Lipinski definition) is 3. The molecule has 8 heteroatoms. The van der Waals surface area contributed by atoms with E-state index in [4.69, 9.17) is 4.99 Å². The number of aromatic nitrogens is 3. The lowest BCUT2D eigenvalue weighted by Gasteiger charge is -2.30. The lowest BCUT2D eigenvalue weighted by molar-refractivity contribution is 0.0941. The van der Waals surface area contributed by atoms with E-state index in [-0.39, 0.29) is 17.8 Å². The van der Waals surface area contributed by atoms with Gasteiger partial charge < -0.3 is 20.3 Å². The number of amides is 1. The normalized spacial score (nSPS) is 14.9. The third kappa shape index (κ3) is 4.49. The molecular formula is C23H30N6O2. The summed E-state index contributed by atoms with van der Waals surface area (Å²) in [4.78, 5) is 22.7. The van der Waals surface area contributed by atoms with Crippen LogP contribution in [0.25, 0.3) is 10.9 Å². The van der Waals surface area contributed by atoms with Crippen molar-refractivity contribution in [3.05, 3.63) is 41.7 Å². The monoisotopic (exact) mass is 422 g/mol. The summed E-state index contributed by atoms with van der Waals surface area (Å²) >= 11 is 0. The molecule has 164 valence electrons. The van der Waals surface area contributed by atoms with Gasteiger partial charge in [-0.3, -0.25) is 9.48 Å². The molecule has 2 aromatic heterocycles. The number of H-pyrrole nitrogens is 1. The summed E-state index contributed by atoms with van der Waals surface area (Å²) < 4.78 is 1.85. The van der Waals surface area contributed by atoms with Gasteiger partial charge in [-0.25, -0.2) is 4.99 Å². The average Bonchev–Trinajstić information content (AvgIpc) is 3.31. The molecule has 3 heterocycles. The lowest BCUT2D eigenvalue weighted by atomic mass is 10.0. The third-order valence-corrected chi connectivity index (χ3v) is 5.71. The van der Waals surface area contributed by atoms with Crippen LogP contribution in [0.1, 0.15) is 55.6 Å². The maximum atomic E-state index is 12.6. The van der Waals surface area contributed by atoms with Crippen molar-refractivity contribution in [1.82, 2.24) is 25.0 Å². The van der Waals surface area contributed by atoms with E-state index in [9.17, 15) is 9.90 Å². The van der Waals surface area contributed by atoms with Gasteiger partial charge in [0.25, 0.3) is 5.91 Å². The highest BCUT2D eigenvalue weighted by Gasteiger charge is 2.18. The van der Waals surface area contributed by atoms with Gasteiger partial charge in [0.15, 0.2) is 5.88 Å². The molecule has 3 aromatic rings. The molecule has 0 spiro atoms. The Morgan fingerprint density at radius 3 is 2.81 bits per heavy atom. The zero-order valence-electron chi connectivity index (χ0n) is 18.4. The number of aromatic hydroxyl groups is 1. The van der Waals surface area contributed by atoms with Crippen LogP contribution in [0, 0.1) is 0 Å². The van der Waals surface area contributed by atoms with Crippen LogP contribution in [0.15, 0.2) is 35.6 Å². The molecule has 3 N–H and O–H groups in total. The predicted molar refractivity (Wildman–Crippen MR) is 122 cm³/mol. The Balaban J connectivity index is 1.61. The molecule has 0 radical (unpaired) electrons. The smallest absolute Gasteiger partial charge is 0.251 e. The maximum absolute atomic E-state index is 12.6. The van der Waals surface area contributed by atoms with Crippen molar-refractivity contribution in [2.75, 3.05) is 26.2 Å². The molecule has 1 aromatic carbocycles. The number of rotatable bonds is 8. The van der Waals surface area contributed by atoms with Gasteiger partial charge in [0.05, 0.1) is 23.7 Å². The topological polar surface area (TPSA) is 98.5 Å². The summed E-state index contributed by atoms with van der Waals surface area (Å²) in [5.41, 5.74) is 3.44. The van der Waals surface area contributed by atoms with Gasteiger partial charge in [0, 0.05) is 35.6 Å². The number of hydrogen-bond acceptors (Lipinski definition) is 5. The lowest BCUT2D eigenvalue weighted by Crippen LogP contribution is -2.42. The second kappa shape index (κ2) is 8.93. The molecule has 0 saturated carbocycles. The minimum absolute atomic E-state index is 0.0576. The van der Waals surface area contributed by atoms with Gasteiger partial charge in [0.2, 0.25) is 0 Å². The van der Waals surface area contributed by atoms with Crippen molar-refractivity contribution in [2.45, 2.75) is 39.7 Å². The molecule has 0 aliphatic carbocycles. The summed E-state index contributed by atoms with van der Waals surface area (Å²) in [5, 5.41) is 18.7. The van der Waals surface area contributed by atoms with Gasteiger partial charge in [-0.05, 0) is 58.0 Å². The van der Waals surface area contributed by atoms with Gasteiger partial charge in [-0.15, -0.1) is 0 Å². The minimum Gasteiger partial charge on any atom is -0.494 e. The van der Waals surface area contributed by atoms with Crippen LogP contribution in [0.5, 0.6) is 5.88 Å². The molecule has 8 nitrogen and oxygen atoms in total. The molecule has 1 aliphatic rings. The van der Waals surface area contributed by atoms with E-state index < -0.39 is 0 Å².